The maximum absolute atomic E-state index is 12.0. The number of amides is 1. The molecule has 0 bridgehead atoms. The summed E-state index contributed by atoms with van der Waals surface area (Å²) in [4.78, 5) is 29.5. The number of likely N-dealkylation sites (N-methyl/N-ethyl adjacent to an activating group) is 1. The molecule has 2 aromatic heterocycles. The monoisotopic (exact) mass is 482 g/mol. The SMILES string of the molecule is CN(CC(O)CN1CCCC1=O)c1nc(CSc2ccccc2)nc2sc3c(c12)CCCC3. The smallest absolute Gasteiger partial charge is 0.222 e. The Morgan fingerprint density at radius 2 is 1.97 bits per heavy atom. The molecule has 0 spiro atoms. The number of fused-ring (bicyclic) bond motifs is 3. The van der Waals surface area contributed by atoms with Gasteiger partial charge in [0.1, 0.15) is 16.5 Å². The predicted octanol–water partition coefficient (Wildman–Crippen LogP) is 4.28. The molecular weight excluding hydrogens is 452 g/mol. The summed E-state index contributed by atoms with van der Waals surface area (Å²) in [6.45, 7) is 1.57. The highest BCUT2D eigenvalue weighted by Gasteiger charge is 2.26. The molecule has 1 aliphatic carbocycles. The van der Waals surface area contributed by atoms with Crippen molar-refractivity contribution in [2.75, 3.05) is 31.6 Å². The molecule has 1 aliphatic heterocycles. The van der Waals surface area contributed by atoms with Gasteiger partial charge in [0.2, 0.25) is 5.91 Å². The number of carbonyl (C=O) groups excluding carboxylic acids is 1. The molecule has 0 radical (unpaired) electrons. The van der Waals surface area contributed by atoms with Crippen LogP contribution in [0.1, 0.15) is 41.9 Å². The fraction of sp³-hybridized carbons (Fsp3) is 0.480. The van der Waals surface area contributed by atoms with Gasteiger partial charge in [-0.05, 0) is 49.8 Å². The quantitative estimate of drug-likeness (QED) is 0.483. The lowest BCUT2D eigenvalue weighted by molar-refractivity contribution is -0.128. The molecule has 1 aromatic carbocycles. The van der Waals surface area contributed by atoms with Crippen molar-refractivity contribution in [2.24, 2.45) is 0 Å². The first-order valence-corrected chi connectivity index (χ1v) is 13.5. The van der Waals surface area contributed by atoms with Gasteiger partial charge in [0.25, 0.3) is 0 Å². The number of aliphatic hydroxyl groups excluding tert-OH is 1. The minimum atomic E-state index is -0.612. The molecule has 1 amide bonds. The highest BCUT2D eigenvalue weighted by atomic mass is 32.2. The van der Waals surface area contributed by atoms with Gasteiger partial charge in [-0.3, -0.25) is 4.79 Å². The average Bonchev–Trinajstić information content (AvgIpc) is 3.40. The standard InChI is InChI=1S/C25H30N4O2S2/c1-28(14-17(30)15-29-13-7-12-22(29)31)24-23-19-10-5-6-11-20(19)33-25(23)27-21(26-24)16-32-18-8-3-2-4-9-18/h2-4,8-9,17,30H,5-7,10-16H2,1H3. The molecule has 1 N–H and O–H groups in total. The summed E-state index contributed by atoms with van der Waals surface area (Å²) >= 11 is 3.55. The van der Waals surface area contributed by atoms with Crippen LogP contribution in [0.2, 0.25) is 0 Å². The van der Waals surface area contributed by atoms with E-state index in [0.717, 1.165) is 47.7 Å². The summed E-state index contributed by atoms with van der Waals surface area (Å²) in [7, 11) is 2.00. The zero-order chi connectivity index (χ0) is 22.8. The molecule has 1 unspecified atom stereocenters. The molecule has 0 saturated carbocycles. The summed E-state index contributed by atoms with van der Waals surface area (Å²) in [5.41, 5.74) is 1.40. The van der Waals surface area contributed by atoms with Crippen molar-refractivity contribution >= 4 is 45.0 Å². The van der Waals surface area contributed by atoms with Crippen LogP contribution in [-0.4, -0.2) is 58.7 Å². The van der Waals surface area contributed by atoms with Crippen LogP contribution in [0.3, 0.4) is 0 Å². The number of likely N-dealkylation sites (tertiary alicyclic amines) is 1. The van der Waals surface area contributed by atoms with Crippen molar-refractivity contribution < 1.29 is 9.90 Å². The molecule has 2 aliphatic rings. The minimum Gasteiger partial charge on any atom is -0.389 e. The second-order valence-corrected chi connectivity index (χ2v) is 11.1. The van der Waals surface area contributed by atoms with Crippen molar-refractivity contribution in [3.05, 3.63) is 46.6 Å². The van der Waals surface area contributed by atoms with Gasteiger partial charge in [-0.1, -0.05) is 18.2 Å². The number of hydrogen-bond acceptors (Lipinski definition) is 7. The normalized spacial score (nSPS) is 16.9. The Hall–Kier alpha value is -2.16. The van der Waals surface area contributed by atoms with Crippen LogP contribution in [0.4, 0.5) is 5.82 Å². The maximum atomic E-state index is 12.0. The molecule has 1 atom stereocenters. The molecule has 3 aromatic rings. The lowest BCUT2D eigenvalue weighted by Gasteiger charge is -2.26. The Morgan fingerprint density at radius 3 is 2.76 bits per heavy atom. The number of thioether (sulfide) groups is 1. The summed E-state index contributed by atoms with van der Waals surface area (Å²) in [6.07, 6.45) is 5.50. The lowest BCUT2D eigenvalue weighted by Crippen LogP contribution is -2.40. The topological polar surface area (TPSA) is 69.6 Å². The molecule has 33 heavy (non-hydrogen) atoms. The van der Waals surface area contributed by atoms with Crippen molar-refractivity contribution in [2.45, 2.75) is 55.3 Å². The third-order valence-electron chi connectivity index (χ3n) is 6.40. The van der Waals surface area contributed by atoms with E-state index in [2.05, 4.69) is 17.0 Å². The number of nitrogens with zero attached hydrogens (tertiary/aromatic N) is 4. The van der Waals surface area contributed by atoms with E-state index in [1.165, 1.54) is 28.2 Å². The fourth-order valence-electron chi connectivity index (χ4n) is 4.80. The van der Waals surface area contributed by atoms with Gasteiger partial charge in [0.05, 0.1) is 17.2 Å². The van der Waals surface area contributed by atoms with E-state index in [1.807, 2.05) is 36.6 Å². The molecule has 6 nitrogen and oxygen atoms in total. The third kappa shape index (κ3) is 5.03. The molecule has 1 fully saturated rings. The largest absolute Gasteiger partial charge is 0.389 e. The Bertz CT molecular complexity index is 1130. The number of aliphatic hydroxyl groups is 1. The first kappa shape index (κ1) is 22.6. The first-order valence-electron chi connectivity index (χ1n) is 11.7. The summed E-state index contributed by atoms with van der Waals surface area (Å²) in [6, 6.07) is 10.3. The van der Waals surface area contributed by atoms with E-state index in [-0.39, 0.29) is 5.91 Å². The van der Waals surface area contributed by atoms with E-state index in [0.29, 0.717) is 25.3 Å². The van der Waals surface area contributed by atoms with Crippen molar-refractivity contribution in [3.8, 4) is 0 Å². The number of aryl methyl sites for hydroxylation is 2. The van der Waals surface area contributed by atoms with Crippen LogP contribution in [0, 0.1) is 0 Å². The number of benzene rings is 1. The average molecular weight is 483 g/mol. The van der Waals surface area contributed by atoms with Crippen LogP contribution < -0.4 is 4.90 Å². The van der Waals surface area contributed by atoms with E-state index in [4.69, 9.17) is 9.97 Å². The van der Waals surface area contributed by atoms with Crippen LogP contribution in [-0.2, 0) is 23.4 Å². The van der Waals surface area contributed by atoms with Crippen LogP contribution in [0.5, 0.6) is 0 Å². The van der Waals surface area contributed by atoms with E-state index in [9.17, 15) is 9.90 Å². The number of aromatic nitrogens is 2. The molecule has 3 heterocycles. The predicted molar refractivity (Wildman–Crippen MR) is 135 cm³/mol. The van der Waals surface area contributed by atoms with Crippen molar-refractivity contribution in [1.82, 2.24) is 14.9 Å². The van der Waals surface area contributed by atoms with Crippen molar-refractivity contribution in [1.29, 1.82) is 0 Å². The Balaban J connectivity index is 1.41. The third-order valence-corrected chi connectivity index (χ3v) is 8.60. The summed E-state index contributed by atoms with van der Waals surface area (Å²) < 4.78 is 0. The van der Waals surface area contributed by atoms with Crippen molar-refractivity contribution in [3.63, 3.8) is 0 Å². The van der Waals surface area contributed by atoms with Gasteiger partial charge in [-0.2, -0.15) is 0 Å². The summed E-state index contributed by atoms with van der Waals surface area (Å²) in [5.74, 6) is 2.58. The first-order chi connectivity index (χ1) is 16.1. The van der Waals surface area contributed by atoms with Gasteiger partial charge in [0, 0.05) is 42.9 Å². The minimum absolute atomic E-state index is 0.147. The molecule has 174 valence electrons. The van der Waals surface area contributed by atoms with Gasteiger partial charge in [-0.25, -0.2) is 9.97 Å². The van der Waals surface area contributed by atoms with Crippen LogP contribution in [0.25, 0.3) is 10.2 Å². The van der Waals surface area contributed by atoms with E-state index < -0.39 is 6.10 Å². The zero-order valence-corrected chi connectivity index (χ0v) is 20.6. The summed E-state index contributed by atoms with van der Waals surface area (Å²) in [5, 5.41) is 11.9. The number of rotatable bonds is 8. The molecule has 8 heteroatoms. The fourth-order valence-corrected chi connectivity index (χ4v) is 6.85. The molecule has 1 saturated heterocycles. The Morgan fingerprint density at radius 1 is 1.15 bits per heavy atom. The second kappa shape index (κ2) is 9.99. The van der Waals surface area contributed by atoms with Gasteiger partial charge >= 0.3 is 0 Å². The molecule has 5 rings (SSSR count). The lowest BCUT2D eigenvalue weighted by atomic mass is 9.97. The Kier molecular flexibility index (Phi) is 6.85. The number of thiophene rings is 1. The number of β-amino-alcohol motifs (C(OH)–C–C–N with tert-alkyl or cyclic N) is 1. The van der Waals surface area contributed by atoms with E-state index >= 15 is 0 Å². The number of hydrogen-bond donors (Lipinski definition) is 1. The second-order valence-electron chi connectivity index (χ2n) is 8.93. The van der Waals surface area contributed by atoms with Crippen LogP contribution >= 0.6 is 23.1 Å². The van der Waals surface area contributed by atoms with Gasteiger partial charge in [-0.15, -0.1) is 23.1 Å². The molecular formula is C25H30N4O2S2. The highest BCUT2D eigenvalue weighted by molar-refractivity contribution is 7.98. The maximum Gasteiger partial charge on any atom is 0.222 e. The van der Waals surface area contributed by atoms with Gasteiger partial charge in [0.15, 0.2) is 0 Å². The number of anilines is 1. The zero-order valence-electron chi connectivity index (χ0n) is 19.0. The van der Waals surface area contributed by atoms with Crippen LogP contribution in [0.15, 0.2) is 35.2 Å². The Labute approximate surface area is 203 Å². The van der Waals surface area contributed by atoms with Gasteiger partial charge < -0.3 is 14.9 Å². The number of carbonyl (C=O) groups is 1. The van der Waals surface area contributed by atoms with E-state index in [1.54, 1.807) is 16.7 Å². The highest BCUT2D eigenvalue weighted by Crippen LogP contribution is 2.40.